The normalized spacial score (nSPS) is 13.2. The highest BCUT2D eigenvalue weighted by atomic mass is 14.4. The molecule has 0 aliphatic heterocycles. The van der Waals surface area contributed by atoms with E-state index >= 15 is 0 Å². The van der Waals surface area contributed by atoms with Gasteiger partial charge in [-0.1, -0.05) is 184 Å². The predicted molar refractivity (Wildman–Crippen MR) is 236 cm³/mol. The average molecular weight is 701 g/mol. The van der Waals surface area contributed by atoms with E-state index in [4.69, 9.17) is 0 Å². The summed E-state index contributed by atoms with van der Waals surface area (Å²) in [6.07, 6.45) is 2.12. The first kappa shape index (κ1) is 32.0. The highest BCUT2D eigenvalue weighted by molar-refractivity contribution is 6.25. The highest BCUT2D eigenvalue weighted by Crippen LogP contribution is 2.54. The molecule has 260 valence electrons. The van der Waals surface area contributed by atoms with Crippen molar-refractivity contribution in [3.63, 3.8) is 0 Å². The van der Waals surface area contributed by atoms with E-state index in [2.05, 4.69) is 196 Å². The van der Waals surface area contributed by atoms with Crippen molar-refractivity contribution in [3.8, 4) is 55.6 Å². The third-order valence-electron chi connectivity index (χ3n) is 12.9. The van der Waals surface area contributed by atoms with Crippen LogP contribution in [0.3, 0.4) is 0 Å². The van der Waals surface area contributed by atoms with E-state index in [-0.39, 0.29) is 5.41 Å². The molecule has 10 aromatic carbocycles. The van der Waals surface area contributed by atoms with Crippen LogP contribution in [0, 0.1) is 0 Å². The summed E-state index contributed by atoms with van der Waals surface area (Å²) in [6.45, 7) is 4.73. The van der Waals surface area contributed by atoms with Crippen LogP contribution in [-0.2, 0) is 5.41 Å². The van der Waals surface area contributed by atoms with Gasteiger partial charge in [-0.25, -0.2) is 0 Å². The van der Waals surface area contributed by atoms with Crippen LogP contribution < -0.4 is 0 Å². The van der Waals surface area contributed by atoms with E-state index in [1.165, 1.54) is 110 Å². The van der Waals surface area contributed by atoms with Crippen molar-refractivity contribution in [1.29, 1.82) is 0 Å². The van der Waals surface area contributed by atoms with Crippen LogP contribution >= 0.6 is 0 Å². The number of benzene rings is 10. The molecule has 1 aliphatic carbocycles. The fourth-order valence-electron chi connectivity index (χ4n) is 10.0. The van der Waals surface area contributed by atoms with Crippen molar-refractivity contribution in [2.45, 2.75) is 32.1 Å². The van der Waals surface area contributed by atoms with Crippen LogP contribution in [0.5, 0.6) is 0 Å². The van der Waals surface area contributed by atoms with Gasteiger partial charge in [-0.3, -0.25) is 0 Å². The van der Waals surface area contributed by atoms with Crippen LogP contribution in [0.4, 0.5) is 0 Å². The first-order valence-corrected chi connectivity index (χ1v) is 19.8. The molecule has 0 radical (unpaired) electrons. The molecule has 0 spiro atoms. The SMILES string of the molecule is CCC1(CC)c2cc(-c3ccc(-c4cccc5ccccc45)cc3)ccc2-c2ccc(-c3ccc(-c4ccc5ccc6cccc7ccc4c5c67)cc3)cc21. The zero-order valence-electron chi connectivity index (χ0n) is 31.2. The van der Waals surface area contributed by atoms with Crippen LogP contribution in [0.15, 0.2) is 182 Å². The van der Waals surface area contributed by atoms with Gasteiger partial charge in [0.05, 0.1) is 0 Å². The standard InChI is InChI=1S/C55H40/c1-3-55(4-2)51-33-43(35-15-19-38(20-16-35)46-14-8-10-37-9-5-6-13-45(37)46)27-30-48(51)49-31-28-44(34-52(49)55)36-17-21-39(22-18-36)47-29-25-42-24-23-40-11-7-12-41-26-32-50(47)54(42)53(40)41/h5-34H,3-4H2,1-2H3. The number of hydrogen-bond acceptors (Lipinski definition) is 0. The van der Waals surface area contributed by atoms with Gasteiger partial charge >= 0.3 is 0 Å². The second-order valence-electron chi connectivity index (χ2n) is 15.5. The van der Waals surface area contributed by atoms with Gasteiger partial charge in [-0.05, 0) is 135 Å². The van der Waals surface area contributed by atoms with Crippen molar-refractivity contribution in [2.24, 2.45) is 0 Å². The molecule has 1 aliphatic rings. The Bertz CT molecular complexity index is 3060. The maximum absolute atomic E-state index is 2.49. The first-order valence-electron chi connectivity index (χ1n) is 19.8. The summed E-state index contributed by atoms with van der Waals surface area (Å²) < 4.78 is 0. The molecular formula is C55H40. The van der Waals surface area contributed by atoms with E-state index < -0.39 is 0 Å². The fourth-order valence-corrected chi connectivity index (χ4v) is 10.0. The molecule has 11 rings (SSSR count). The number of fused-ring (bicyclic) bond motifs is 4. The smallest absolute Gasteiger partial charge is 0.0210 e. The molecule has 0 N–H and O–H groups in total. The molecule has 0 amide bonds. The van der Waals surface area contributed by atoms with E-state index in [1.807, 2.05) is 0 Å². The summed E-state index contributed by atoms with van der Waals surface area (Å²) in [4.78, 5) is 0. The Morgan fingerprint density at radius 1 is 0.309 bits per heavy atom. The van der Waals surface area contributed by atoms with Gasteiger partial charge in [-0.15, -0.1) is 0 Å². The average Bonchev–Trinajstić information content (AvgIpc) is 3.54. The largest absolute Gasteiger partial charge is 0.0642 e. The lowest BCUT2D eigenvalue weighted by Gasteiger charge is -2.30. The zero-order valence-corrected chi connectivity index (χ0v) is 31.2. The lowest BCUT2D eigenvalue weighted by molar-refractivity contribution is 0.491. The second-order valence-corrected chi connectivity index (χ2v) is 15.5. The fraction of sp³-hybridized carbons (Fsp3) is 0.0909. The maximum Gasteiger partial charge on any atom is 0.0210 e. The number of hydrogen-bond donors (Lipinski definition) is 0. The summed E-state index contributed by atoms with van der Waals surface area (Å²) in [5, 5.41) is 10.5. The Balaban J connectivity index is 0.934. The summed E-state index contributed by atoms with van der Waals surface area (Å²) in [6, 6.07) is 68.4. The molecule has 0 heteroatoms. The van der Waals surface area contributed by atoms with Crippen molar-refractivity contribution in [1.82, 2.24) is 0 Å². The molecule has 55 heavy (non-hydrogen) atoms. The van der Waals surface area contributed by atoms with E-state index in [0.29, 0.717) is 0 Å². The summed E-state index contributed by atoms with van der Waals surface area (Å²) in [5.74, 6) is 0. The molecule has 0 fully saturated rings. The van der Waals surface area contributed by atoms with Gasteiger partial charge in [-0.2, -0.15) is 0 Å². The molecule has 0 saturated carbocycles. The Labute approximate surface area is 322 Å². The van der Waals surface area contributed by atoms with E-state index in [0.717, 1.165) is 12.8 Å². The molecule has 0 bridgehead atoms. The minimum absolute atomic E-state index is 0.0265. The Kier molecular flexibility index (Phi) is 7.13. The van der Waals surface area contributed by atoms with Crippen molar-refractivity contribution < 1.29 is 0 Å². The minimum Gasteiger partial charge on any atom is -0.0642 e. The van der Waals surface area contributed by atoms with Gasteiger partial charge in [0.15, 0.2) is 0 Å². The van der Waals surface area contributed by atoms with Crippen molar-refractivity contribution in [3.05, 3.63) is 193 Å². The molecule has 0 aromatic heterocycles. The molecule has 0 saturated heterocycles. The van der Waals surface area contributed by atoms with Gasteiger partial charge in [0.2, 0.25) is 0 Å². The predicted octanol–water partition coefficient (Wildman–Crippen LogP) is 15.5. The monoisotopic (exact) mass is 700 g/mol. The minimum atomic E-state index is -0.0265. The summed E-state index contributed by atoms with van der Waals surface area (Å²) in [7, 11) is 0. The third kappa shape index (κ3) is 4.78. The van der Waals surface area contributed by atoms with Crippen molar-refractivity contribution >= 4 is 43.1 Å². The van der Waals surface area contributed by atoms with Crippen LogP contribution in [0.1, 0.15) is 37.8 Å². The second kappa shape index (κ2) is 12.3. The van der Waals surface area contributed by atoms with Crippen LogP contribution in [-0.4, -0.2) is 0 Å². The van der Waals surface area contributed by atoms with Crippen LogP contribution in [0.2, 0.25) is 0 Å². The lowest BCUT2D eigenvalue weighted by Crippen LogP contribution is -2.23. The third-order valence-corrected chi connectivity index (χ3v) is 12.9. The van der Waals surface area contributed by atoms with Gasteiger partial charge in [0.1, 0.15) is 0 Å². The summed E-state index contributed by atoms with van der Waals surface area (Å²) in [5.41, 5.74) is 15.8. The molecule has 0 heterocycles. The number of rotatable bonds is 6. The lowest BCUT2D eigenvalue weighted by atomic mass is 9.73. The molecule has 10 aromatic rings. The quantitative estimate of drug-likeness (QED) is 0.152. The highest BCUT2D eigenvalue weighted by Gasteiger charge is 2.40. The first-order chi connectivity index (χ1) is 27.1. The molecular weight excluding hydrogens is 661 g/mol. The Morgan fingerprint density at radius 2 is 0.745 bits per heavy atom. The molecule has 0 atom stereocenters. The van der Waals surface area contributed by atoms with E-state index in [1.54, 1.807) is 0 Å². The van der Waals surface area contributed by atoms with Gasteiger partial charge in [0.25, 0.3) is 0 Å². The Morgan fingerprint density at radius 3 is 1.36 bits per heavy atom. The van der Waals surface area contributed by atoms with Crippen LogP contribution in [0.25, 0.3) is 98.7 Å². The van der Waals surface area contributed by atoms with E-state index in [9.17, 15) is 0 Å². The molecule has 0 unspecified atom stereocenters. The Hall–Kier alpha value is -6.50. The molecule has 0 nitrogen and oxygen atoms in total. The van der Waals surface area contributed by atoms with Gasteiger partial charge in [0, 0.05) is 5.41 Å². The maximum atomic E-state index is 2.49. The zero-order chi connectivity index (χ0) is 36.7. The summed E-state index contributed by atoms with van der Waals surface area (Å²) >= 11 is 0. The topological polar surface area (TPSA) is 0 Å². The van der Waals surface area contributed by atoms with Crippen molar-refractivity contribution in [2.75, 3.05) is 0 Å². The van der Waals surface area contributed by atoms with Gasteiger partial charge < -0.3 is 0 Å².